The zero-order valence-electron chi connectivity index (χ0n) is 9.46. The second-order valence-electron chi connectivity index (χ2n) is 3.73. The normalized spacial score (nSPS) is 11.4. The van der Waals surface area contributed by atoms with Gasteiger partial charge in [0.05, 0.1) is 16.8 Å². The third kappa shape index (κ3) is 2.78. The number of aromatic nitrogens is 2. The van der Waals surface area contributed by atoms with Gasteiger partial charge in [-0.15, -0.1) is 0 Å². The summed E-state index contributed by atoms with van der Waals surface area (Å²) in [5, 5.41) is 0. The van der Waals surface area contributed by atoms with Gasteiger partial charge in [0.15, 0.2) is 15.7 Å². The van der Waals surface area contributed by atoms with Crippen LogP contribution in [0.15, 0.2) is 35.4 Å². The lowest BCUT2D eigenvalue weighted by molar-refractivity contribution is 0.602. The van der Waals surface area contributed by atoms with Gasteiger partial charge in [-0.3, -0.25) is 0 Å². The maximum Gasteiger partial charge on any atom is 0.175 e. The van der Waals surface area contributed by atoms with Gasteiger partial charge in [-0.1, -0.05) is 12.1 Å². The van der Waals surface area contributed by atoms with E-state index in [2.05, 4.69) is 9.97 Å². The summed E-state index contributed by atoms with van der Waals surface area (Å²) in [6, 6.07) is 6.50. The predicted molar refractivity (Wildman–Crippen MR) is 77.7 cm³/mol. The molecule has 0 aliphatic heterocycles. The van der Waals surface area contributed by atoms with E-state index in [-0.39, 0.29) is 4.90 Å². The molecule has 0 atom stereocenters. The van der Waals surface area contributed by atoms with Crippen LogP contribution in [0, 0.1) is 3.70 Å². The third-order valence-electron chi connectivity index (χ3n) is 2.33. The molecule has 2 N–H and O–H groups in total. The van der Waals surface area contributed by atoms with E-state index >= 15 is 0 Å². The molecule has 7 heteroatoms. The maximum atomic E-state index is 11.3. The average Bonchev–Trinajstić information content (AvgIpc) is 2.32. The Kier molecular flexibility index (Phi) is 3.53. The Bertz CT molecular complexity index is 684. The van der Waals surface area contributed by atoms with Crippen LogP contribution in [0.3, 0.4) is 0 Å². The lowest BCUT2D eigenvalue weighted by Gasteiger charge is -2.04. The number of nitrogen functional groups attached to an aromatic ring is 1. The van der Waals surface area contributed by atoms with Gasteiger partial charge in [-0.2, -0.15) is 0 Å². The lowest BCUT2D eigenvalue weighted by atomic mass is 10.2. The summed E-state index contributed by atoms with van der Waals surface area (Å²) in [7, 11) is -3.17. The van der Waals surface area contributed by atoms with E-state index in [1.165, 1.54) is 6.26 Å². The monoisotopic (exact) mass is 375 g/mol. The van der Waals surface area contributed by atoms with Gasteiger partial charge < -0.3 is 5.73 Å². The standard InChI is InChI=1S/C11H10IN3O2S/c1-18(16,17)8-4-2-7(3-5-8)9-6-14-11(13)10(12)15-9/h2-6H,1H3,(H2,13,14). The quantitative estimate of drug-likeness (QED) is 0.809. The SMILES string of the molecule is CS(=O)(=O)c1ccc(-c2cnc(N)c(I)n2)cc1. The van der Waals surface area contributed by atoms with E-state index < -0.39 is 9.84 Å². The van der Waals surface area contributed by atoms with E-state index in [1.807, 2.05) is 22.6 Å². The van der Waals surface area contributed by atoms with Crippen molar-refractivity contribution in [2.24, 2.45) is 0 Å². The Labute approximate surface area is 119 Å². The van der Waals surface area contributed by atoms with Crippen molar-refractivity contribution in [1.29, 1.82) is 0 Å². The molecule has 0 aliphatic carbocycles. The molecule has 0 saturated carbocycles. The fourth-order valence-electron chi connectivity index (χ4n) is 1.39. The maximum absolute atomic E-state index is 11.3. The van der Waals surface area contributed by atoms with Crippen LogP contribution in [0.4, 0.5) is 5.82 Å². The summed E-state index contributed by atoms with van der Waals surface area (Å²) in [5.74, 6) is 0.382. The number of sulfone groups is 1. The highest BCUT2D eigenvalue weighted by molar-refractivity contribution is 14.1. The van der Waals surface area contributed by atoms with Crippen LogP contribution in [-0.4, -0.2) is 24.6 Å². The molecule has 0 fully saturated rings. The van der Waals surface area contributed by atoms with E-state index in [1.54, 1.807) is 30.5 Å². The van der Waals surface area contributed by atoms with Crippen LogP contribution in [0.1, 0.15) is 0 Å². The van der Waals surface area contributed by atoms with Crippen LogP contribution in [0.25, 0.3) is 11.3 Å². The van der Waals surface area contributed by atoms with Gasteiger partial charge in [0.2, 0.25) is 0 Å². The summed E-state index contributed by atoms with van der Waals surface area (Å²) < 4.78 is 23.3. The number of rotatable bonds is 2. The molecule has 0 bridgehead atoms. The molecule has 1 aromatic heterocycles. The Morgan fingerprint density at radius 3 is 2.33 bits per heavy atom. The van der Waals surface area contributed by atoms with Crippen molar-refractivity contribution in [2.45, 2.75) is 4.90 Å². The smallest absolute Gasteiger partial charge is 0.175 e. The molecule has 2 rings (SSSR count). The second-order valence-corrected chi connectivity index (χ2v) is 6.77. The van der Waals surface area contributed by atoms with Gasteiger partial charge in [0, 0.05) is 11.8 Å². The number of halogens is 1. The van der Waals surface area contributed by atoms with E-state index in [0.29, 0.717) is 15.2 Å². The first-order valence-electron chi connectivity index (χ1n) is 4.96. The van der Waals surface area contributed by atoms with Crippen molar-refractivity contribution in [3.63, 3.8) is 0 Å². The van der Waals surface area contributed by atoms with E-state index in [4.69, 9.17) is 5.73 Å². The summed E-state index contributed by atoms with van der Waals surface area (Å²) in [6.07, 6.45) is 2.74. The van der Waals surface area contributed by atoms with Crippen LogP contribution in [0.2, 0.25) is 0 Å². The van der Waals surface area contributed by atoms with Crippen LogP contribution in [-0.2, 0) is 9.84 Å². The first-order chi connectivity index (χ1) is 8.38. The molecule has 94 valence electrons. The van der Waals surface area contributed by atoms with Crippen molar-refractivity contribution in [3.05, 3.63) is 34.2 Å². The molecule has 18 heavy (non-hydrogen) atoms. The Hall–Kier alpha value is -1.22. The number of hydrogen-bond donors (Lipinski definition) is 1. The number of nitrogens with two attached hydrogens (primary N) is 1. The minimum absolute atomic E-state index is 0.282. The molecule has 1 heterocycles. The molecule has 5 nitrogen and oxygen atoms in total. The Morgan fingerprint density at radius 2 is 1.83 bits per heavy atom. The fraction of sp³-hybridized carbons (Fsp3) is 0.0909. The molecule has 1 aromatic carbocycles. The van der Waals surface area contributed by atoms with Gasteiger partial charge in [0.1, 0.15) is 3.70 Å². The molecule has 0 saturated heterocycles. The van der Waals surface area contributed by atoms with Gasteiger partial charge in [-0.05, 0) is 34.7 Å². The first kappa shape index (κ1) is 13.2. The highest BCUT2D eigenvalue weighted by Gasteiger charge is 2.08. The number of nitrogens with zero attached hydrogens (tertiary/aromatic N) is 2. The van der Waals surface area contributed by atoms with Crippen molar-refractivity contribution in [1.82, 2.24) is 9.97 Å². The summed E-state index contributed by atoms with van der Waals surface area (Å²) in [5.41, 5.74) is 7.05. The van der Waals surface area contributed by atoms with Gasteiger partial charge in [-0.25, -0.2) is 18.4 Å². The lowest BCUT2D eigenvalue weighted by Crippen LogP contribution is -1.99. The predicted octanol–water partition coefficient (Wildman–Crippen LogP) is 1.73. The van der Waals surface area contributed by atoms with Crippen LogP contribution < -0.4 is 5.73 Å². The number of hydrogen-bond acceptors (Lipinski definition) is 5. The van der Waals surface area contributed by atoms with Crippen molar-refractivity contribution in [3.8, 4) is 11.3 Å². The fourth-order valence-corrected chi connectivity index (χ4v) is 2.42. The van der Waals surface area contributed by atoms with Crippen LogP contribution in [0.5, 0.6) is 0 Å². The molecule has 0 amide bonds. The van der Waals surface area contributed by atoms with Crippen molar-refractivity contribution >= 4 is 38.2 Å². The third-order valence-corrected chi connectivity index (χ3v) is 4.26. The van der Waals surface area contributed by atoms with Crippen molar-refractivity contribution < 1.29 is 8.42 Å². The summed E-state index contributed by atoms with van der Waals surface area (Å²) >= 11 is 2.00. The zero-order valence-corrected chi connectivity index (χ0v) is 12.4. The average molecular weight is 375 g/mol. The van der Waals surface area contributed by atoms with E-state index in [0.717, 1.165) is 5.56 Å². The minimum atomic E-state index is -3.17. The first-order valence-corrected chi connectivity index (χ1v) is 7.93. The summed E-state index contributed by atoms with van der Waals surface area (Å²) in [4.78, 5) is 8.58. The molecular formula is C11H10IN3O2S. The minimum Gasteiger partial charge on any atom is -0.382 e. The molecule has 2 aromatic rings. The van der Waals surface area contributed by atoms with Crippen molar-refractivity contribution in [2.75, 3.05) is 12.0 Å². The molecule has 0 unspecified atom stereocenters. The van der Waals surface area contributed by atoms with E-state index in [9.17, 15) is 8.42 Å². The van der Waals surface area contributed by atoms with Gasteiger partial charge in [0.25, 0.3) is 0 Å². The molecule has 0 aliphatic rings. The molecule has 0 radical (unpaired) electrons. The Morgan fingerprint density at radius 1 is 1.22 bits per heavy atom. The second kappa shape index (κ2) is 4.81. The van der Waals surface area contributed by atoms with Crippen LogP contribution >= 0.6 is 22.6 Å². The molecule has 0 spiro atoms. The highest BCUT2D eigenvalue weighted by atomic mass is 127. The Balaban J connectivity index is 2.43. The largest absolute Gasteiger partial charge is 0.382 e. The highest BCUT2D eigenvalue weighted by Crippen LogP contribution is 2.21. The van der Waals surface area contributed by atoms with Gasteiger partial charge >= 0.3 is 0 Å². The zero-order chi connectivity index (χ0) is 13.3. The summed E-state index contributed by atoms with van der Waals surface area (Å²) in [6.45, 7) is 0. The number of anilines is 1. The topological polar surface area (TPSA) is 85.9 Å². The number of benzene rings is 1. The molecular weight excluding hydrogens is 365 g/mol.